The Balaban J connectivity index is 1.71. The van der Waals surface area contributed by atoms with Crippen molar-refractivity contribution in [2.75, 3.05) is 41.8 Å². The summed E-state index contributed by atoms with van der Waals surface area (Å²) in [5.41, 5.74) is 1.69. The number of halogens is 2. The second-order valence-corrected chi connectivity index (χ2v) is 6.49. The van der Waals surface area contributed by atoms with Gasteiger partial charge in [0.15, 0.2) is 0 Å². The molecule has 1 saturated heterocycles. The molecule has 0 radical (unpaired) electrons. The number of morpholine rings is 1. The Labute approximate surface area is 161 Å². The Morgan fingerprint density at radius 1 is 0.923 bits per heavy atom. The number of carbonyl (C=O) groups excluding carboxylic acids is 2. The van der Waals surface area contributed by atoms with Gasteiger partial charge in [0, 0.05) is 18.1 Å². The smallest absolute Gasteiger partial charge is 0.314 e. The minimum Gasteiger partial charge on any atom is -0.378 e. The third-order valence-corrected chi connectivity index (χ3v) is 4.45. The van der Waals surface area contributed by atoms with Gasteiger partial charge in [-0.15, -0.1) is 0 Å². The molecular weight excluding hydrogens is 377 g/mol. The lowest BCUT2D eigenvalue weighted by Gasteiger charge is -2.30. The average molecular weight is 394 g/mol. The lowest BCUT2D eigenvalue weighted by Crippen LogP contribution is -2.37. The first kappa shape index (κ1) is 18.5. The van der Waals surface area contributed by atoms with Crippen LogP contribution >= 0.6 is 23.2 Å². The van der Waals surface area contributed by atoms with Crippen molar-refractivity contribution in [2.45, 2.75) is 0 Å². The quantitative estimate of drug-likeness (QED) is 0.783. The molecule has 1 fully saturated rings. The maximum absolute atomic E-state index is 12.3. The number of hydrogen-bond donors (Lipinski definition) is 2. The van der Waals surface area contributed by atoms with Crippen molar-refractivity contribution in [3.05, 3.63) is 52.5 Å². The number of nitrogens with one attached hydrogen (secondary N) is 2. The number of anilines is 3. The average Bonchev–Trinajstić information content (AvgIpc) is 2.66. The van der Waals surface area contributed by atoms with E-state index >= 15 is 0 Å². The van der Waals surface area contributed by atoms with E-state index < -0.39 is 11.8 Å². The standard InChI is InChI=1S/C18H17Cl2N3O3/c19-12-5-6-13(20)15(11-12)22-18(25)17(24)21-14-3-1-2-4-16(14)23-7-9-26-10-8-23/h1-6,11H,7-10H2,(H,21,24)(H,22,25). The van der Waals surface area contributed by atoms with Crippen LogP contribution in [0, 0.1) is 0 Å². The molecule has 0 aromatic heterocycles. The van der Waals surface area contributed by atoms with Gasteiger partial charge in [0.2, 0.25) is 0 Å². The number of hydrogen-bond acceptors (Lipinski definition) is 4. The fourth-order valence-electron chi connectivity index (χ4n) is 2.61. The highest BCUT2D eigenvalue weighted by Gasteiger charge is 2.19. The molecule has 3 rings (SSSR count). The van der Waals surface area contributed by atoms with Crippen LogP contribution in [0.3, 0.4) is 0 Å². The minimum absolute atomic E-state index is 0.279. The Morgan fingerprint density at radius 2 is 1.58 bits per heavy atom. The predicted octanol–water partition coefficient (Wildman–Crippen LogP) is 3.41. The first-order valence-electron chi connectivity index (χ1n) is 8.04. The summed E-state index contributed by atoms with van der Waals surface area (Å²) < 4.78 is 5.35. The zero-order valence-electron chi connectivity index (χ0n) is 13.8. The van der Waals surface area contributed by atoms with Crippen molar-refractivity contribution in [3.63, 3.8) is 0 Å². The lowest BCUT2D eigenvalue weighted by atomic mass is 10.2. The van der Waals surface area contributed by atoms with Gasteiger partial charge in [-0.3, -0.25) is 9.59 Å². The van der Waals surface area contributed by atoms with Crippen LogP contribution in [0.15, 0.2) is 42.5 Å². The molecule has 0 spiro atoms. The number of benzene rings is 2. The highest BCUT2D eigenvalue weighted by molar-refractivity contribution is 6.45. The molecule has 0 unspecified atom stereocenters. The van der Waals surface area contributed by atoms with Gasteiger partial charge in [0.25, 0.3) is 0 Å². The number of rotatable bonds is 3. The van der Waals surface area contributed by atoms with Crippen LogP contribution in [-0.2, 0) is 14.3 Å². The maximum Gasteiger partial charge on any atom is 0.314 e. The van der Waals surface area contributed by atoms with Crippen molar-refractivity contribution in [1.29, 1.82) is 0 Å². The van der Waals surface area contributed by atoms with E-state index in [4.69, 9.17) is 27.9 Å². The molecule has 6 nitrogen and oxygen atoms in total. The molecule has 26 heavy (non-hydrogen) atoms. The molecule has 2 N–H and O–H groups in total. The van der Waals surface area contributed by atoms with Crippen LogP contribution in [0.25, 0.3) is 0 Å². The van der Waals surface area contributed by atoms with Crippen LogP contribution in [0.2, 0.25) is 10.0 Å². The molecule has 2 amide bonds. The molecule has 1 heterocycles. The van der Waals surface area contributed by atoms with E-state index in [2.05, 4.69) is 15.5 Å². The van der Waals surface area contributed by atoms with Gasteiger partial charge in [-0.25, -0.2) is 0 Å². The van der Waals surface area contributed by atoms with Crippen LogP contribution < -0.4 is 15.5 Å². The molecule has 2 aromatic rings. The summed E-state index contributed by atoms with van der Waals surface area (Å²) in [5, 5.41) is 5.82. The van der Waals surface area contributed by atoms with E-state index in [1.165, 1.54) is 6.07 Å². The molecule has 2 aromatic carbocycles. The van der Waals surface area contributed by atoms with E-state index in [1.807, 2.05) is 12.1 Å². The van der Waals surface area contributed by atoms with E-state index in [1.54, 1.807) is 24.3 Å². The maximum atomic E-state index is 12.3. The summed E-state index contributed by atoms with van der Waals surface area (Å²) >= 11 is 11.9. The van der Waals surface area contributed by atoms with Gasteiger partial charge in [-0.05, 0) is 30.3 Å². The monoisotopic (exact) mass is 393 g/mol. The number of carbonyl (C=O) groups is 2. The number of ether oxygens (including phenoxy) is 1. The summed E-state index contributed by atoms with van der Waals surface area (Å²) in [6.45, 7) is 2.68. The van der Waals surface area contributed by atoms with E-state index in [0.29, 0.717) is 28.9 Å². The summed E-state index contributed by atoms with van der Waals surface area (Å²) in [6, 6.07) is 12.0. The molecule has 0 atom stereocenters. The van der Waals surface area contributed by atoms with Gasteiger partial charge in [-0.2, -0.15) is 0 Å². The minimum atomic E-state index is -0.828. The van der Waals surface area contributed by atoms with Crippen molar-refractivity contribution >= 4 is 52.1 Å². The van der Waals surface area contributed by atoms with Crippen molar-refractivity contribution in [1.82, 2.24) is 0 Å². The molecule has 0 saturated carbocycles. The third kappa shape index (κ3) is 4.46. The fraction of sp³-hybridized carbons (Fsp3) is 0.222. The summed E-state index contributed by atoms with van der Waals surface area (Å²) in [5.74, 6) is -1.62. The largest absolute Gasteiger partial charge is 0.378 e. The normalized spacial score (nSPS) is 14.0. The Kier molecular flexibility index (Phi) is 5.98. The SMILES string of the molecule is O=C(Nc1cc(Cl)ccc1Cl)C(=O)Nc1ccccc1N1CCOCC1. The zero-order valence-corrected chi connectivity index (χ0v) is 15.3. The van der Waals surface area contributed by atoms with E-state index in [9.17, 15) is 9.59 Å². The van der Waals surface area contributed by atoms with Crippen LogP contribution in [0.1, 0.15) is 0 Å². The zero-order chi connectivity index (χ0) is 18.5. The second kappa shape index (κ2) is 8.40. The Morgan fingerprint density at radius 3 is 2.31 bits per heavy atom. The highest BCUT2D eigenvalue weighted by Crippen LogP contribution is 2.27. The number of para-hydroxylation sites is 2. The van der Waals surface area contributed by atoms with Crippen LogP contribution in [0.5, 0.6) is 0 Å². The first-order chi connectivity index (χ1) is 12.5. The third-order valence-electron chi connectivity index (χ3n) is 3.89. The molecule has 1 aliphatic heterocycles. The first-order valence-corrected chi connectivity index (χ1v) is 8.79. The van der Waals surface area contributed by atoms with E-state index in [0.717, 1.165) is 18.8 Å². The van der Waals surface area contributed by atoms with Crippen molar-refractivity contribution in [2.24, 2.45) is 0 Å². The molecule has 0 aliphatic carbocycles. The van der Waals surface area contributed by atoms with Crippen molar-refractivity contribution < 1.29 is 14.3 Å². The van der Waals surface area contributed by atoms with Gasteiger partial charge in [0.05, 0.1) is 35.3 Å². The van der Waals surface area contributed by atoms with E-state index in [-0.39, 0.29) is 5.69 Å². The lowest BCUT2D eigenvalue weighted by molar-refractivity contribution is -0.132. The number of nitrogens with zero attached hydrogens (tertiary/aromatic N) is 1. The molecule has 136 valence electrons. The summed E-state index contributed by atoms with van der Waals surface area (Å²) in [6.07, 6.45) is 0. The molecular formula is C18H17Cl2N3O3. The van der Waals surface area contributed by atoms with Crippen LogP contribution in [0.4, 0.5) is 17.1 Å². The molecule has 0 bridgehead atoms. The number of amides is 2. The summed E-state index contributed by atoms with van der Waals surface area (Å²) in [7, 11) is 0. The Hall–Kier alpha value is -2.28. The van der Waals surface area contributed by atoms with Gasteiger partial charge in [0.1, 0.15) is 0 Å². The van der Waals surface area contributed by atoms with Crippen molar-refractivity contribution in [3.8, 4) is 0 Å². The van der Waals surface area contributed by atoms with Gasteiger partial charge < -0.3 is 20.3 Å². The van der Waals surface area contributed by atoms with Gasteiger partial charge in [-0.1, -0.05) is 35.3 Å². The fourth-order valence-corrected chi connectivity index (χ4v) is 2.95. The predicted molar refractivity (Wildman–Crippen MR) is 103 cm³/mol. The second-order valence-electron chi connectivity index (χ2n) is 5.65. The highest BCUT2D eigenvalue weighted by atomic mass is 35.5. The Bertz CT molecular complexity index is 823. The summed E-state index contributed by atoms with van der Waals surface area (Å²) in [4.78, 5) is 26.6. The topological polar surface area (TPSA) is 70.7 Å². The van der Waals surface area contributed by atoms with Crippen LogP contribution in [-0.4, -0.2) is 38.1 Å². The molecule has 8 heteroatoms. The molecule has 1 aliphatic rings. The van der Waals surface area contributed by atoms with Gasteiger partial charge >= 0.3 is 11.8 Å².